The molecule has 1 fully saturated rings. The molecule has 1 aliphatic heterocycles. The molecule has 0 unspecified atom stereocenters. The third-order valence-electron chi connectivity index (χ3n) is 5.13. The Balaban J connectivity index is 1.91. The second-order valence-corrected chi connectivity index (χ2v) is 6.54. The molecule has 0 saturated carbocycles. The zero-order valence-electron chi connectivity index (χ0n) is 15.4. The first-order valence-electron chi connectivity index (χ1n) is 8.73. The van der Waals surface area contributed by atoms with E-state index in [1.807, 2.05) is 23.3 Å². The normalized spacial score (nSPS) is 21.7. The van der Waals surface area contributed by atoms with Gasteiger partial charge in [0.2, 0.25) is 0 Å². The van der Waals surface area contributed by atoms with Crippen molar-refractivity contribution in [3.8, 4) is 0 Å². The first-order chi connectivity index (χ1) is 11.6. The molecular formula is C17H28N6O. The zero-order valence-corrected chi connectivity index (χ0v) is 15.4. The van der Waals surface area contributed by atoms with Gasteiger partial charge >= 0.3 is 0 Å². The summed E-state index contributed by atoms with van der Waals surface area (Å²) >= 11 is 0. The van der Waals surface area contributed by atoms with E-state index in [0.717, 1.165) is 38.2 Å². The second kappa shape index (κ2) is 7.03. The fourth-order valence-corrected chi connectivity index (χ4v) is 3.85. The zero-order chi connectivity index (χ0) is 17.3. The molecule has 1 saturated heterocycles. The molecule has 0 radical (unpaired) electrons. The van der Waals surface area contributed by atoms with Gasteiger partial charge in [-0.3, -0.25) is 9.58 Å². The fraction of sp³-hybridized carbons (Fsp3) is 0.706. The number of aromatic nitrogens is 5. The first kappa shape index (κ1) is 17.1. The molecule has 3 heterocycles. The van der Waals surface area contributed by atoms with Crippen molar-refractivity contribution < 1.29 is 4.74 Å². The van der Waals surface area contributed by atoms with Crippen molar-refractivity contribution in [2.45, 2.75) is 51.8 Å². The van der Waals surface area contributed by atoms with E-state index in [1.54, 1.807) is 13.4 Å². The monoisotopic (exact) mass is 332 g/mol. The Morgan fingerprint density at radius 3 is 2.62 bits per heavy atom. The van der Waals surface area contributed by atoms with Gasteiger partial charge in [-0.1, -0.05) is 13.8 Å². The highest BCUT2D eigenvalue weighted by Gasteiger charge is 2.36. The lowest BCUT2D eigenvalue weighted by atomic mass is 10.1. The van der Waals surface area contributed by atoms with Crippen molar-refractivity contribution in [1.82, 2.24) is 29.4 Å². The number of aryl methyl sites for hydroxylation is 3. The second-order valence-electron chi connectivity index (χ2n) is 6.54. The van der Waals surface area contributed by atoms with Gasteiger partial charge in [-0.25, -0.2) is 0 Å². The Morgan fingerprint density at radius 1 is 1.25 bits per heavy atom. The van der Waals surface area contributed by atoms with Crippen molar-refractivity contribution in [3.63, 3.8) is 0 Å². The van der Waals surface area contributed by atoms with Crippen molar-refractivity contribution in [1.29, 1.82) is 0 Å². The van der Waals surface area contributed by atoms with Gasteiger partial charge < -0.3 is 9.30 Å². The van der Waals surface area contributed by atoms with Crippen molar-refractivity contribution in [2.75, 3.05) is 13.7 Å². The fourth-order valence-electron chi connectivity index (χ4n) is 3.85. The van der Waals surface area contributed by atoms with Crippen LogP contribution in [0.4, 0.5) is 0 Å². The molecule has 0 aliphatic carbocycles. The number of methoxy groups -OCH3 is 1. The van der Waals surface area contributed by atoms with Crippen molar-refractivity contribution in [2.24, 2.45) is 14.1 Å². The summed E-state index contributed by atoms with van der Waals surface area (Å²) in [4.78, 5) is 2.47. The number of nitrogens with zero attached hydrogens (tertiary/aromatic N) is 6. The SMILES string of the molecule is CCc1nn(C)c(CC)c1CN1C[C@H](OC)C[C@H]1c1nncn1C. The summed E-state index contributed by atoms with van der Waals surface area (Å²) in [6, 6.07) is 0.233. The van der Waals surface area contributed by atoms with E-state index in [1.165, 1.54) is 17.0 Å². The van der Waals surface area contributed by atoms with Crippen LogP contribution in [0.1, 0.15) is 49.1 Å². The standard InChI is InChI=1S/C17H28N6O/c1-6-14-13(15(7-2)22(4)20-14)10-23-9-12(24-5)8-16(23)17-19-18-11-21(17)3/h11-12,16H,6-10H2,1-5H3/t12-,16+/m1/s1. The Bertz CT molecular complexity index is 691. The third-order valence-corrected chi connectivity index (χ3v) is 5.13. The molecule has 24 heavy (non-hydrogen) atoms. The van der Waals surface area contributed by atoms with Crippen molar-refractivity contribution >= 4 is 0 Å². The summed E-state index contributed by atoms with van der Waals surface area (Å²) in [7, 11) is 5.84. The molecule has 0 amide bonds. The van der Waals surface area contributed by atoms with E-state index in [4.69, 9.17) is 9.84 Å². The van der Waals surface area contributed by atoms with E-state index in [-0.39, 0.29) is 12.1 Å². The van der Waals surface area contributed by atoms with Gasteiger partial charge in [0.05, 0.1) is 17.8 Å². The quantitative estimate of drug-likeness (QED) is 0.805. The first-order valence-corrected chi connectivity index (χ1v) is 8.73. The lowest BCUT2D eigenvalue weighted by Gasteiger charge is -2.23. The Kier molecular flexibility index (Phi) is 5.01. The number of likely N-dealkylation sites (tertiary alicyclic amines) is 1. The van der Waals surface area contributed by atoms with Gasteiger partial charge in [-0.05, 0) is 19.3 Å². The van der Waals surface area contributed by atoms with E-state index < -0.39 is 0 Å². The van der Waals surface area contributed by atoms with E-state index in [2.05, 4.69) is 28.9 Å². The van der Waals surface area contributed by atoms with Crippen LogP contribution in [0, 0.1) is 0 Å². The molecule has 2 aromatic rings. The molecule has 7 heteroatoms. The molecule has 2 aromatic heterocycles. The minimum Gasteiger partial charge on any atom is -0.380 e. The van der Waals surface area contributed by atoms with Gasteiger partial charge in [0.1, 0.15) is 12.2 Å². The maximum Gasteiger partial charge on any atom is 0.150 e. The number of hydrogen-bond acceptors (Lipinski definition) is 5. The lowest BCUT2D eigenvalue weighted by Crippen LogP contribution is -2.27. The molecule has 132 valence electrons. The number of hydrogen-bond donors (Lipinski definition) is 0. The van der Waals surface area contributed by atoms with Gasteiger partial charge in [-0.2, -0.15) is 5.10 Å². The van der Waals surface area contributed by atoms with Crippen molar-refractivity contribution in [3.05, 3.63) is 29.1 Å². The summed E-state index contributed by atoms with van der Waals surface area (Å²) in [6.45, 7) is 6.17. The highest BCUT2D eigenvalue weighted by Crippen LogP contribution is 2.34. The minimum atomic E-state index is 0.233. The summed E-state index contributed by atoms with van der Waals surface area (Å²) in [5.74, 6) is 1.01. The lowest BCUT2D eigenvalue weighted by molar-refractivity contribution is 0.107. The summed E-state index contributed by atoms with van der Waals surface area (Å²) in [5, 5.41) is 13.1. The number of ether oxygens (including phenoxy) is 1. The van der Waals surface area contributed by atoms with Gasteiger partial charge in [0.15, 0.2) is 0 Å². The minimum absolute atomic E-state index is 0.233. The number of rotatable bonds is 6. The topological polar surface area (TPSA) is 61.0 Å². The molecule has 7 nitrogen and oxygen atoms in total. The average Bonchev–Trinajstić information content (AvgIpc) is 3.25. The Morgan fingerprint density at radius 2 is 2.04 bits per heavy atom. The van der Waals surface area contributed by atoms with E-state index >= 15 is 0 Å². The summed E-state index contributed by atoms with van der Waals surface area (Å²) in [6.07, 6.45) is 4.91. The molecule has 0 N–H and O–H groups in total. The predicted molar refractivity (Wildman–Crippen MR) is 91.5 cm³/mol. The van der Waals surface area contributed by atoms with Gasteiger partial charge in [0.25, 0.3) is 0 Å². The third kappa shape index (κ3) is 2.98. The molecule has 0 aromatic carbocycles. The predicted octanol–water partition coefficient (Wildman–Crippen LogP) is 1.64. The van der Waals surface area contributed by atoms with Crippen LogP contribution in [0.25, 0.3) is 0 Å². The van der Waals surface area contributed by atoms with Crippen LogP contribution in [0.15, 0.2) is 6.33 Å². The average molecular weight is 332 g/mol. The molecule has 3 rings (SSSR count). The molecule has 0 spiro atoms. The van der Waals surface area contributed by atoms with Crippen LogP contribution in [0.2, 0.25) is 0 Å². The molecule has 2 atom stereocenters. The van der Waals surface area contributed by atoms with Crippen LogP contribution < -0.4 is 0 Å². The summed E-state index contributed by atoms with van der Waals surface area (Å²) < 4.78 is 9.70. The van der Waals surface area contributed by atoms with Crippen LogP contribution in [0.5, 0.6) is 0 Å². The van der Waals surface area contributed by atoms with Crippen LogP contribution >= 0.6 is 0 Å². The van der Waals surface area contributed by atoms with Gasteiger partial charge in [0, 0.05) is 45.6 Å². The highest BCUT2D eigenvalue weighted by molar-refractivity contribution is 5.27. The van der Waals surface area contributed by atoms with Crippen LogP contribution in [-0.4, -0.2) is 49.2 Å². The maximum absolute atomic E-state index is 5.65. The molecule has 0 bridgehead atoms. The van der Waals surface area contributed by atoms with E-state index in [9.17, 15) is 0 Å². The maximum atomic E-state index is 5.65. The smallest absolute Gasteiger partial charge is 0.150 e. The molecular weight excluding hydrogens is 304 g/mol. The summed E-state index contributed by atoms with van der Waals surface area (Å²) in [5.41, 5.74) is 3.89. The molecule has 1 aliphatic rings. The van der Waals surface area contributed by atoms with Crippen LogP contribution in [0.3, 0.4) is 0 Å². The largest absolute Gasteiger partial charge is 0.380 e. The van der Waals surface area contributed by atoms with Gasteiger partial charge in [-0.15, -0.1) is 10.2 Å². The highest BCUT2D eigenvalue weighted by atomic mass is 16.5. The Hall–Kier alpha value is -1.73. The van der Waals surface area contributed by atoms with Crippen LogP contribution in [-0.2, 0) is 38.2 Å². The van der Waals surface area contributed by atoms with E-state index in [0.29, 0.717) is 0 Å². The Labute approximate surface area is 143 Å².